The number of ether oxygens (including phenoxy) is 1. The van der Waals surface area contributed by atoms with Crippen LogP contribution in [0.15, 0.2) is 24.3 Å². The van der Waals surface area contributed by atoms with E-state index < -0.39 is 0 Å². The van der Waals surface area contributed by atoms with Crippen LogP contribution >= 0.6 is 11.5 Å². The first kappa shape index (κ1) is 14.0. The third-order valence-corrected chi connectivity index (χ3v) is 3.87. The van der Waals surface area contributed by atoms with Crippen LogP contribution in [-0.4, -0.2) is 23.2 Å². The standard InChI is InChI=1S/C14H19N3OS/c1-4-11-14(19-17-16-11)13(15-5-2)10-8-6-7-9-12(10)18-3/h6-9,13,15H,4-5H2,1-3H3. The van der Waals surface area contributed by atoms with Crippen LogP contribution in [-0.2, 0) is 6.42 Å². The molecule has 0 saturated heterocycles. The van der Waals surface area contributed by atoms with Gasteiger partial charge in [0.05, 0.1) is 23.7 Å². The van der Waals surface area contributed by atoms with Gasteiger partial charge < -0.3 is 10.1 Å². The van der Waals surface area contributed by atoms with Gasteiger partial charge in [0, 0.05) is 5.56 Å². The molecule has 0 aliphatic heterocycles. The average molecular weight is 277 g/mol. The van der Waals surface area contributed by atoms with E-state index in [1.54, 1.807) is 7.11 Å². The van der Waals surface area contributed by atoms with Crippen LogP contribution in [0.5, 0.6) is 5.75 Å². The number of aryl methyl sites for hydroxylation is 1. The van der Waals surface area contributed by atoms with Crippen molar-refractivity contribution in [2.75, 3.05) is 13.7 Å². The quantitative estimate of drug-likeness (QED) is 0.882. The predicted molar refractivity (Wildman–Crippen MR) is 77.8 cm³/mol. The van der Waals surface area contributed by atoms with E-state index in [0.717, 1.165) is 30.0 Å². The lowest BCUT2D eigenvalue weighted by Gasteiger charge is -2.19. The molecule has 0 amide bonds. The van der Waals surface area contributed by atoms with E-state index >= 15 is 0 Å². The third-order valence-electron chi connectivity index (χ3n) is 3.04. The number of methoxy groups -OCH3 is 1. The van der Waals surface area contributed by atoms with Crippen LogP contribution in [0.3, 0.4) is 0 Å². The van der Waals surface area contributed by atoms with Gasteiger partial charge in [-0.3, -0.25) is 0 Å². The molecule has 1 unspecified atom stereocenters. The maximum absolute atomic E-state index is 5.47. The monoisotopic (exact) mass is 277 g/mol. The number of hydrogen-bond donors (Lipinski definition) is 1. The van der Waals surface area contributed by atoms with Gasteiger partial charge in [0.2, 0.25) is 0 Å². The molecule has 1 N–H and O–H groups in total. The summed E-state index contributed by atoms with van der Waals surface area (Å²) in [6.45, 7) is 5.08. The molecule has 2 aromatic rings. The fourth-order valence-corrected chi connectivity index (χ4v) is 2.97. The number of aromatic nitrogens is 2. The Labute approximate surface area is 118 Å². The minimum absolute atomic E-state index is 0.0936. The molecule has 1 aromatic heterocycles. The molecule has 1 atom stereocenters. The highest BCUT2D eigenvalue weighted by atomic mass is 32.1. The van der Waals surface area contributed by atoms with E-state index in [1.165, 1.54) is 16.4 Å². The average Bonchev–Trinajstić information content (AvgIpc) is 2.93. The summed E-state index contributed by atoms with van der Waals surface area (Å²) in [5.41, 5.74) is 2.19. The van der Waals surface area contributed by atoms with Crippen molar-refractivity contribution in [2.24, 2.45) is 0 Å². The van der Waals surface area contributed by atoms with Crippen molar-refractivity contribution >= 4 is 11.5 Å². The lowest BCUT2D eigenvalue weighted by atomic mass is 10.0. The summed E-state index contributed by atoms with van der Waals surface area (Å²) in [6.07, 6.45) is 0.892. The summed E-state index contributed by atoms with van der Waals surface area (Å²) in [7, 11) is 1.70. The van der Waals surface area contributed by atoms with Crippen LogP contribution < -0.4 is 10.1 Å². The third kappa shape index (κ3) is 2.93. The highest BCUT2D eigenvalue weighted by Gasteiger charge is 2.22. The van der Waals surface area contributed by atoms with Gasteiger partial charge in [-0.25, -0.2) is 0 Å². The van der Waals surface area contributed by atoms with Crippen LogP contribution in [0, 0.1) is 0 Å². The van der Waals surface area contributed by atoms with Gasteiger partial charge in [-0.05, 0) is 30.6 Å². The van der Waals surface area contributed by atoms with E-state index in [0.29, 0.717) is 0 Å². The highest BCUT2D eigenvalue weighted by Crippen LogP contribution is 2.32. The Kier molecular flexibility index (Phi) is 4.87. The Morgan fingerprint density at radius 1 is 1.32 bits per heavy atom. The zero-order chi connectivity index (χ0) is 13.7. The van der Waals surface area contributed by atoms with Crippen molar-refractivity contribution < 1.29 is 4.74 Å². The first-order chi connectivity index (χ1) is 9.31. The smallest absolute Gasteiger partial charge is 0.124 e. The highest BCUT2D eigenvalue weighted by molar-refractivity contribution is 7.05. The second kappa shape index (κ2) is 6.63. The lowest BCUT2D eigenvalue weighted by molar-refractivity contribution is 0.404. The molecule has 5 heteroatoms. The van der Waals surface area contributed by atoms with E-state index in [-0.39, 0.29) is 6.04 Å². The molecule has 4 nitrogen and oxygen atoms in total. The van der Waals surface area contributed by atoms with Crippen molar-refractivity contribution in [2.45, 2.75) is 26.3 Å². The normalized spacial score (nSPS) is 12.4. The summed E-state index contributed by atoms with van der Waals surface area (Å²) in [5, 5.41) is 7.71. The summed E-state index contributed by atoms with van der Waals surface area (Å²) in [5.74, 6) is 0.893. The Morgan fingerprint density at radius 3 is 2.79 bits per heavy atom. The van der Waals surface area contributed by atoms with Gasteiger partial charge in [0.1, 0.15) is 5.75 Å². The molecule has 1 aromatic carbocycles. The number of nitrogens with zero attached hydrogens (tertiary/aromatic N) is 2. The Hall–Kier alpha value is -1.46. The molecule has 19 heavy (non-hydrogen) atoms. The van der Waals surface area contributed by atoms with Gasteiger partial charge >= 0.3 is 0 Å². The first-order valence-electron chi connectivity index (χ1n) is 6.49. The van der Waals surface area contributed by atoms with Crippen molar-refractivity contribution in [1.82, 2.24) is 14.9 Å². The maximum Gasteiger partial charge on any atom is 0.124 e. The summed E-state index contributed by atoms with van der Waals surface area (Å²) >= 11 is 1.46. The largest absolute Gasteiger partial charge is 0.496 e. The Bertz CT molecular complexity index is 527. The van der Waals surface area contributed by atoms with Crippen LogP contribution in [0.4, 0.5) is 0 Å². The van der Waals surface area contributed by atoms with Crippen molar-refractivity contribution in [3.8, 4) is 5.75 Å². The SMILES string of the molecule is CCNC(c1ccccc1OC)c1snnc1CC. The number of hydrogen-bond acceptors (Lipinski definition) is 5. The van der Waals surface area contributed by atoms with Crippen molar-refractivity contribution in [3.05, 3.63) is 40.4 Å². The summed E-state index contributed by atoms with van der Waals surface area (Å²) < 4.78 is 9.56. The molecule has 0 aliphatic carbocycles. The van der Waals surface area contributed by atoms with E-state index in [4.69, 9.17) is 4.74 Å². The second-order valence-electron chi connectivity index (χ2n) is 4.17. The minimum Gasteiger partial charge on any atom is -0.496 e. The van der Waals surface area contributed by atoms with Crippen molar-refractivity contribution in [3.63, 3.8) is 0 Å². The topological polar surface area (TPSA) is 47.0 Å². The van der Waals surface area contributed by atoms with Gasteiger partial charge in [0.15, 0.2) is 0 Å². The molecule has 0 saturated carbocycles. The molecule has 0 aliphatic rings. The fraction of sp³-hybridized carbons (Fsp3) is 0.429. The zero-order valence-corrected chi connectivity index (χ0v) is 12.3. The predicted octanol–water partition coefficient (Wildman–Crippen LogP) is 2.81. The molecular formula is C14H19N3OS. The molecule has 0 bridgehead atoms. The van der Waals surface area contributed by atoms with Gasteiger partial charge in [-0.2, -0.15) is 0 Å². The fourth-order valence-electron chi connectivity index (χ4n) is 2.13. The van der Waals surface area contributed by atoms with E-state index in [9.17, 15) is 0 Å². The molecule has 0 radical (unpaired) electrons. The molecule has 0 fully saturated rings. The summed E-state index contributed by atoms with van der Waals surface area (Å²) in [4.78, 5) is 1.17. The van der Waals surface area contributed by atoms with E-state index in [1.807, 2.05) is 18.2 Å². The van der Waals surface area contributed by atoms with Crippen molar-refractivity contribution in [1.29, 1.82) is 0 Å². The number of benzene rings is 1. The Balaban J connectivity index is 2.45. The second-order valence-corrected chi connectivity index (χ2v) is 4.96. The van der Waals surface area contributed by atoms with Gasteiger partial charge in [-0.15, -0.1) is 5.10 Å². The first-order valence-corrected chi connectivity index (χ1v) is 7.26. The van der Waals surface area contributed by atoms with Crippen LogP contribution in [0.2, 0.25) is 0 Å². The van der Waals surface area contributed by atoms with Crippen LogP contribution in [0.1, 0.15) is 36.0 Å². The molecule has 1 heterocycles. The molecular weight excluding hydrogens is 258 g/mol. The Morgan fingerprint density at radius 2 is 2.11 bits per heavy atom. The van der Waals surface area contributed by atoms with Gasteiger partial charge in [0.25, 0.3) is 0 Å². The van der Waals surface area contributed by atoms with Crippen LogP contribution in [0.25, 0.3) is 0 Å². The minimum atomic E-state index is 0.0936. The van der Waals surface area contributed by atoms with E-state index in [2.05, 4.69) is 34.8 Å². The lowest BCUT2D eigenvalue weighted by Crippen LogP contribution is -2.22. The number of para-hydroxylation sites is 1. The molecule has 0 spiro atoms. The molecule has 102 valence electrons. The molecule has 2 rings (SSSR count). The number of nitrogens with one attached hydrogen (secondary N) is 1. The summed E-state index contributed by atoms with van der Waals surface area (Å²) in [6, 6.07) is 8.18. The van der Waals surface area contributed by atoms with Gasteiger partial charge in [-0.1, -0.05) is 36.5 Å². The zero-order valence-electron chi connectivity index (χ0n) is 11.5. The number of rotatable bonds is 6. The maximum atomic E-state index is 5.47.